The zero-order valence-electron chi connectivity index (χ0n) is 10.1. The molecule has 1 unspecified atom stereocenters. The van der Waals surface area contributed by atoms with Gasteiger partial charge in [-0.05, 0) is 24.6 Å². The molecule has 0 aliphatic heterocycles. The Morgan fingerprint density at radius 1 is 1.28 bits per heavy atom. The van der Waals surface area contributed by atoms with Gasteiger partial charge in [-0.15, -0.1) is 11.3 Å². The van der Waals surface area contributed by atoms with E-state index in [0.717, 1.165) is 23.5 Å². The Balaban J connectivity index is 1.89. The number of phenols is 2. The van der Waals surface area contributed by atoms with Crippen LogP contribution >= 0.6 is 11.3 Å². The Morgan fingerprint density at radius 3 is 2.61 bits per heavy atom. The monoisotopic (exact) mass is 264 g/mol. The van der Waals surface area contributed by atoms with Gasteiger partial charge < -0.3 is 15.5 Å². The van der Waals surface area contributed by atoms with Crippen LogP contribution in [-0.2, 0) is 6.42 Å². The molecule has 18 heavy (non-hydrogen) atoms. The van der Waals surface area contributed by atoms with E-state index in [-0.39, 0.29) is 17.5 Å². The van der Waals surface area contributed by atoms with Gasteiger partial charge in [0.25, 0.3) is 0 Å². The summed E-state index contributed by atoms with van der Waals surface area (Å²) in [6.07, 6.45) is 2.68. The smallest absolute Gasteiger partial charge is 0.119 e. The fraction of sp³-hybridized carbons (Fsp3) is 0.308. The van der Waals surface area contributed by atoms with Crippen molar-refractivity contribution in [1.29, 1.82) is 0 Å². The van der Waals surface area contributed by atoms with Gasteiger partial charge in [0.15, 0.2) is 0 Å². The number of benzene rings is 1. The number of thiazole rings is 1. The quantitative estimate of drug-likeness (QED) is 0.776. The van der Waals surface area contributed by atoms with E-state index in [4.69, 9.17) is 0 Å². The molecule has 1 heterocycles. The Hall–Kier alpha value is -1.59. The summed E-state index contributed by atoms with van der Waals surface area (Å²) in [4.78, 5) is 4.21. The second kappa shape index (κ2) is 5.84. The summed E-state index contributed by atoms with van der Waals surface area (Å²) in [6.45, 7) is 2.81. The maximum atomic E-state index is 9.42. The first-order chi connectivity index (χ1) is 8.65. The van der Waals surface area contributed by atoms with Gasteiger partial charge in [0, 0.05) is 36.7 Å². The van der Waals surface area contributed by atoms with Crippen molar-refractivity contribution in [2.75, 3.05) is 6.54 Å². The third-order valence-corrected chi connectivity index (χ3v) is 3.54. The second-order valence-corrected chi connectivity index (χ2v) is 5.11. The lowest BCUT2D eigenvalue weighted by atomic mass is 10.1. The highest BCUT2D eigenvalue weighted by Crippen LogP contribution is 2.24. The summed E-state index contributed by atoms with van der Waals surface area (Å²) < 4.78 is 0. The molecule has 0 fully saturated rings. The lowest BCUT2D eigenvalue weighted by Crippen LogP contribution is -2.21. The van der Waals surface area contributed by atoms with E-state index in [0.29, 0.717) is 0 Å². The van der Waals surface area contributed by atoms with Crippen LogP contribution in [0, 0.1) is 0 Å². The number of rotatable bonds is 5. The molecule has 4 nitrogen and oxygen atoms in total. The van der Waals surface area contributed by atoms with Crippen LogP contribution in [-0.4, -0.2) is 21.7 Å². The maximum absolute atomic E-state index is 9.42. The molecule has 2 aromatic rings. The summed E-state index contributed by atoms with van der Waals surface area (Å²) in [5, 5.41) is 25.3. The minimum atomic E-state index is 0.0722. The largest absolute Gasteiger partial charge is 0.508 e. The highest BCUT2D eigenvalue weighted by atomic mass is 32.1. The topological polar surface area (TPSA) is 65.4 Å². The number of hydrogen-bond acceptors (Lipinski definition) is 5. The van der Waals surface area contributed by atoms with Gasteiger partial charge in [-0.3, -0.25) is 0 Å². The molecular formula is C13H16N2O2S. The van der Waals surface area contributed by atoms with Crippen molar-refractivity contribution in [3.63, 3.8) is 0 Å². The average molecular weight is 264 g/mol. The van der Waals surface area contributed by atoms with Crippen LogP contribution in [0.3, 0.4) is 0 Å². The lowest BCUT2D eigenvalue weighted by molar-refractivity contribution is 0.446. The van der Waals surface area contributed by atoms with E-state index < -0.39 is 0 Å². The molecule has 0 amide bonds. The molecule has 3 N–H and O–H groups in total. The predicted octanol–water partition coefficient (Wildman–Crippen LogP) is 2.45. The van der Waals surface area contributed by atoms with Crippen molar-refractivity contribution in [3.8, 4) is 11.5 Å². The summed E-state index contributed by atoms with van der Waals surface area (Å²) in [7, 11) is 0. The first kappa shape index (κ1) is 12.9. The third kappa shape index (κ3) is 3.45. The summed E-state index contributed by atoms with van der Waals surface area (Å²) in [5.41, 5.74) is 0.867. The van der Waals surface area contributed by atoms with E-state index in [1.165, 1.54) is 6.07 Å². The summed E-state index contributed by atoms with van der Waals surface area (Å²) in [6, 6.07) is 4.70. The number of nitrogens with one attached hydrogen (secondary N) is 1. The minimum Gasteiger partial charge on any atom is -0.508 e. The molecule has 5 heteroatoms. The average Bonchev–Trinajstić information content (AvgIpc) is 2.80. The molecular weight excluding hydrogens is 248 g/mol. The van der Waals surface area contributed by atoms with Gasteiger partial charge >= 0.3 is 0 Å². The predicted molar refractivity (Wildman–Crippen MR) is 72.0 cm³/mol. The van der Waals surface area contributed by atoms with E-state index in [9.17, 15) is 10.2 Å². The van der Waals surface area contributed by atoms with E-state index >= 15 is 0 Å². The molecule has 0 bridgehead atoms. The fourth-order valence-corrected chi connectivity index (χ4v) is 2.38. The maximum Gasteiger partial charge on any atom is 0.119 e. The summed E-state index contributed by atoms with van der Waals surface area (Å²) >= 11 is 1.64. The Bertz CT molecular complexity index is 479. The number of nitrogens with zero attached hydrogens (tertiary/aromatic N) is 1. The number of phenolic OH excluding ortho intramolecular Hbond substituents is 2. The van der Waals surface area contributed by atoms with E-state index in [1.54, 1.807) is 29.7 Å². The first-order valence-electron chi connectivity index (χ1n) is 5.80. The molecule has 2 rings (SSSR count). The zero-order chi connectivity index (χ0) is 13.0. The van der Waals surface area contributed by atoms with Crippen molar-refractivity contribution in [2.45, 2.75) is 19.4 Å². The molecule has 0 aliphatic rings. The number of aromatic nitrogens is 1. The van der Waals surface area contributed by atoms with Gasteiger partial charge in [0.2, 0.25) is 0 Å². The second-order valence-electron chi connectivity index (χ2n) is 4.13. The third-order valence-electron chi connectivity index (χ3n) is 2.70. The number of hydrogen-bond donors (Lipinski definition) is 3. The van der Waals surface area contributed by atoms with Gasteiger partial charge in [0.1, 0.15) is 11.5 Å². The lowest BCUT2D eigenvalue weighted by Gasteiger charge is -2.14. The highest BCUT2D eigenvalue weighted by Gasteiger charge is 2.07. The van der Waals surface area contributed by atoms with Crippen molar-refractivity contribution < 1.29 is 10.2 Å². The fourth-order valence-electron chi connectivity index (χ4n) is 1.76. The van der Waals surface area contributed by atoms with Crippen LogP contribution in [0.5, 0.6) is 11.5 Å². The van der Waals surface area contributed by atoms with Crippen molar-refractivity contribution in [1.82, 2.24) is 10.3 Å². The minimum absolute atomic E-state index is 0.0722. The van der Waals surface area contributed by atoms with Crippen LogP contribution in [0.2, 0.25) is 0 Å². The summed E-state index contributed by atoms with van der Waals surface area (Å²) in [5.74, 6) is 0.164. The molecule has 0 spiro atoms. The molecule has 0 saturated heterocycles. The number of aromatic hydroxyl groups is 2. The zero-order valence-corrected chi connectivity index (χ0v) is 10.9. The van der Waals surface area contributed by atoms with Crippen molar-refractivity contribution >= 4 is 11.3 Å². The van der Waals surface area contributed by atoms with Crippen LogP contribution in [0.25, 0.3) is 0 Å². The van der Waals surface area contributed by atoms with Crippen LogP contribution in [0.1, 0.15) is 23.5 Å². The Kier molecular flexibility index (Phi) is 4.17. The van der Waals surface area contributed by atoms with Gasteiger partial charge in [0.05, 0.1) is 5.01 Å². The Labute approximate surface area is 110 Å². The molecule has 1 aromatic heterocycles. The van der Waals surface area contributed by atoms with E-state index in [2.05, 4.69) is 10.3 Å². The van der Waals surface area contributed by atoms with Gasteiger partial charge in [-0.1, -0.05) is 0 Å². The first-order valence-corrected chi connectivity index (χ1v) is 6.68. The highest BCUT2D eigenvalue weighted by molar-refractivity contribution is 7.09. The van der Waals surface area contributed by atoms with Crippen molar-refractivity contribution in [3.05, 3.63) is 40.3 Å². The Morgan fingerprint density at radius 2 is 2.00 bits per heavy atom. The van der Waals surface area contributed by atoms with Gasteiger partial charge in [-0.2, -0.15) is 0 Å². The van der Waals surface area contributed by atoms with E-state index in [1.807, 2.05) is 12.3 Å². The van der Waals surface area contributed by atoms with Crippen molar-refractivity contribution in [2.24, 2.45) is 0 Å². The van der Waals surface area contributed by atoms with Crippen LogP contribution in [0.4, 0.5) is 0 Å². The standard InChI is InChI=1S/C13H16N2O2S/c1-9(10-6-11(16)8-12(17)7-10)14-3-2-13-15-4-5-18-13/h4-9,14,16-17H,2-3H2,1H3. The van der Waals surface area contributed by atoms with Crippen LogP contribution < -0.4 is 5.32 Å². The molecule has 96 valence electrons. The molecule has 1 atom stereocenters. The normalized spacial score (nSPS) is 12.5. The van der Waals surface area contributed by atoms with Gasteiger partial charge in [-0.25, -0.2) is 4.98 Å². The molecule has 1 aromatic carbocycles. The van der Waals surface area contributed by atoms with Crippen LogP contribution in [0.15, 0.2) is 29.8 Å². The molecule has 0 radical (unpaired) electrons. The molecule has 0 aliphatic carbocycles. The molecule has 0 saturated carbocycles. The SMILES string of the molecule is CC(NCCc1nccs1)c1cc(O)cc(O)c1.